The fourth-order valence-corrected chi connectivity index (χ4v) is 3.44. The summed E-state index contributed by atoms with van der Waals surface area (Å²) in [6, 6.07) is 14.0. The number of aromatic nitrogens is 1. The molecule has 0 saturated carbocycles. The normalized spacial score (nSPS) is 17.9. The van der Waals surface area contributed by atoms with Crippen molar-refractivity contribution in [2.45, 2.75) is 0 Å². The molecule has 1 N–H and O–H groups in total. The van der Waals surface area contributed by atoms with Crippen molar-refractivity contribution >= 4 is 17.7 Å². The predicted octanol–water partition coefficient (Wildman–Crippen LogP) is 2.08. The molecule has 8 heteroatoms. The largest absolute Gasteiger partial charge is 0.476 e. The van der Waals surface area contributed by atoms with Gasteiger partial charge in [0.2, 0.25) is 5.88 Å². The molecule has 0 atom stereocenters. The molecule has 4 rings (SSSR count). The van der Waals surface area contributed by atoms with E-state index in [9.17, 15) is 0 Å². The lowest BCUT2D eigenvalue weighted by molar-refractivity contribution is 0.0320. The van der Waals surface area contributed by atoms with E-state index in [4.69, 9.17) is 14.2 Å². The summed E-state index contributed by atoms with van der Waals surface area (Å²) in [5.41, 5.74) is 5.13. The van der Waals surface area contributed by atoms with Crippen molar-refractivity contribution in [3.8, 4) is 5.88 Å². The first kappa shape index (κ1) is 20.6. The second-order valence-corrected chi connectivity index (χ2v) is 7.23. The highest BCUT2D eigenvalue weighted by Crippen LogP contribution is 2.25. The number of benzene rings is 1. The van der Waals surface area contributed by atoms with Crippen LogP contribution in [0.5, 0.6) is 5.88 Å². The summed E-state index contributed by atoms with van der Waals surface area (Å²) in [7, 11) is 0. The maximum absolute atomic E-state index is 6.00. The minimum absolute atomic E-state index is 0.590. The summed E-state index contributed by atoms with van der Waals surface area (Å²) in [6.45, 7) is 8.09. The van der Waals surface area contributed by atoms with Crippen LogP contribution in [-0.4, -0.2) is 81.9 Å². The lowest BCUT2D eigenvalue weighted by atomic mass is 10.2. The topological polar surface area (TPSA) is 71.5 Å². The summed E-state index contributed by atoms with van der Waals surface area (Å²) >= 11 is 0. The zero-order valence-electron chi connectivity index (χ0n) is 17.2. The van der Waals surface area contributed by atoms with Gasteiger partial charge in [-0.05, 0) is 5.56 Å². The summed E-state index contributed by atoms with van der Waals surface area (Å²) < 4.78 is 16.9. The van der Waals surface area contributed by atoms with Crippen molar-refractivity contribution in [2.75, 3.05) is 76.1 Å². The van der Waals surface area contributed by atoms with Gasteiger partial charge in [-0.2, -0.15) is 10.1 Å². The van der Waals surface area contributed by atoms with Gasteiger partial charge in [-0.25, -0.2) is 0 Å². The molecule has 0 unspecified atom stereocenters. The molecular formula is C22H29N5O3. The van der Waals surface area contributed by atoms with E-state index in [0.29, 0.717) is 18.3 Å². The Kier molecular flexibility index (Phi) is 7.49. The molecule has 1 aromatic heterocycles. The molecular weight excluding hydrogens is 382 g/mol. The molecule has 0 bridgehead atoms. The van der Waals surface area contributed by atoms with E-state index in [1.165, 1.54) is 0 Å². The van der Waals surface area contributed by atoms with Crippen molar-refractivity contribution in [2.24, 2.45) is 5.10 Å². The van der Waals surface area contributed by atoms with Gasteiger partial charge in [0, 0.05) is 50.5 Å². The Hall–Kier alpha value is -2.68. The van der Waals surface area contributed by atoms with E-state index < -0.39 is 0 Å². The summed E-state index contributed by atoms with van der Waals surface area (Å²) in [5.74, 6) is 1.26. The molecule has 0 amide bonds. The Morgan fingerprint density at radius 2 is 1.73 bits per heavy atom. The van der Waals surface area contributed by atoms with Crippen LogP contribution in [0.2, 0.25) is 0 Å². The molecule has 8 nitrogen and oxygen atoms in total. The zero-order valence-corrected chi connectivity index (χ0v) is 17.2. The smallest absolute Gasteiger partial charge is 0.217 e. The fourth-order valence-electron chi connectivity index (χ4n) is 3.44. The fraction of sp³-hybridized carbons (Fsp3) is 0.455. The van der Waals surface area contributed by atoms with Crippen LogP contribution >= 0.6 is 0 Å². The maximum atomic E-state index is 6.00. The van der Waals surface area contributed by atoms with Gasteiger partial charge in [0.15, 0.2) is 5.82 Å². The van der Waals surface area contributed by atoms with Crippen LogP contribution in [0.3, 0.4) is 0 Å². The number of hydrazone groups is 1. The first-order valence-electron chi connectivity index (χ1n) is 10.5. The number of anilines is 2. The maximum Gasteiger partial charge on any atom is 0.217 e. The van der Waals surface area contributed by atoms with Gasteiger partial charge in [-0.3, -0.25) is 10.3 Å². The molecule has 2 aromatic rings. The number of pyridine rings is 1. The molecule has 1 aromatic carbocycles. The lowest BCUT2D eigenvalue weighted by Crippen LogP contribution is -2.38. The number of morpholine rings is 2. The van der Waals surface area contributed by atoms with Crippen LogP contribution in [0.4, 0.5) is 11.5 Å². The van der Waals surface area contributed by atoms with Gasteiger partial charge in [0.25, 0.3) is 0 Å². The summed E-state index contributed by atoms with van der Waals surface area (Å²) in [5, 5.41) is 4.33. The quantitative estimate of drug-likeness (QED) is 0.527. The minimum atomic E-state index is 0.590. The SMILES string of the molecule is C(=NNc1cc(N2CCOCC2)cc(OCCN2CCOCC2)n1)c1ccccc1. The van der Waals surface area contributed by atoms with Crippen molar-refractivity contribution in [3.63, 3.8) is 0 Å². The van der Waals surface area contributed by atoms with Gasteiger partial charge in [0.1, 0.15) is 6.61 Å². The number of hydrogen-bond acceptors (Lipinski definition) is 8. The molecule has 0 spiro atoms. The number of hydrogen-bond donors (Lipinski definition) is 1. The Labute approximate surface area is 177 Å². The van der Waals surface area contributed by atoms with Crippen LogP contribution in [0.1, 0.15) is 5.56 Å². The highest BCUT2D eigenvalue weighted by molar-refractivity contribution is 5.80. The van der Waals surface area contributed by atoms with Crippen molar-refractivity contribution in [1.82, 2.24) is 9.88 Å². The molecule has 2 fully saturated rings. The van der Waals surface area contributed by atoms with Crippen LogP contribution < -0.4 is 15.1 Å². The van der Waals surface area contributed by atoms with E-state index in [1.807, 2.05) is 42.5 Å². The highest BCUT2D eigenvalue weighted by atomic mass is 16.5. The minimum Gasteiger partial charge on any atom is -0.476 e. The van der Waals surface area contributed by atoms with Gasteiger partial charge < -0.3 is 19.1 Å². The third-order valence-corrected chi connectivity index (χ3v) is 5.12. The molecule has 160 valence electrons. The molecule has 2 aliphatic rings. The van der Waals surface area contributed by atoms with Crippen LogP contribution in [-0.2, 0) is 9.47 Å². The van der Waals surface area contributed by atoms with E-state index >= 15 is 0 Å². The van der Waals surface area contributed by atoms with Gasteiger partial charge in [-0.1, -0.05) is 30.3 Å². The zero-order chi connectivity index (χ0) is 20.4. The second-order valence-electron chi connectivity index (χ2n) is 7.23. The number of nitrogens with one attached hydrogen (secondary N) is 1. The summed E-state index contributed by atoms with van der Waals surface area (Å²) in [6.07, 6.45) is 1.78. The highest BCUT2D eigenvalue weighted by Gasteiger charge is 2.15. The molecule has 2 aliphatic heterocycles. The second kappa shape index (κ2) is 10.9. The Balaban J connectivity index is 1.42. The van der Waals surface area contributed by atoms with E-state index in [0.717, 1.165) is 70.4 Å². The monoisotopic (exact) mass is 411 g/mol. The third kappa shape index (κ3) is 6.16. The molecule has 0 aliphatic carbocycles. The third-order valence-electron chi connectivity index (χ3n) is 5.12. The Morgan fingerprint density at radius 1 is 1.00 bits per heavy atom. The molecule has 2 saturated heterocycles. The molecule has 0 radical (unpaired) electrons. The number of nitrogens with zero attached hydrogens (tertiary/aromatic N) is 4. The van der Waals surface area contributed by atoms with Crippen molar-refractivity contribution < 1.29 is 14.2 Å². The van der Waals surface area contributed by atoms with Crippen molar-refractivity contribution in [3.05, 3.63) is 48.0 Å². The molecule has 30 heavy (non-hydrogen) atoms. The summed E-state index contributed by atoms with van der Waals surface area (Å²) in [4.78, 5) is 9.22. The van der Waals surface area contributed by atoms with E-state index in [1.54, 1.807) is 6.21 Å². The standard InChI is InChI=1S/C22H29N5O3/c1-2-4-19(5-3-1)18-23-25-21-16-20(27-9-13-29-14-10-27)17-22(24-21)30-15-8-26-6-11-28-12-7-26/h1-5,16-18H,6-15H2,(H,24,25). The van der Waals surface area contributed by atoms with Crippen molar-refractivity contribution in [1.29, 1.82) is 0 Å². The average molecular weight is 412 g/mol. The number of ether oxygens (including phenoxy) is 3. The number of rotatable bonds is 8. The van der Waals surface area contributed by atoms with E-state index in [2.05, 4.69) is 25.3 Å². The Bertz CT molecular complexity index is 806. The predicted molar refractivity (Wildman–Crippen MR) is 118 cm³/mol. The van der Waals surface area contributed by atoms with Gasteiger partial charge in [-0.15, -0.1) is 0 Å². The Morgan fingerprint density at radius 3 is 2.50 bits per heavy atom. The first-order chi connectivity index (χ1) is 14.9. The van der Waals surface area contributed by atoms with E-state index in [-0.39, 0.29) is 0 Å². The first-order valence-corrected chi connectivity index (χ1v) is 10.5. The lowest BCUT2D eigenvalue weighted by Gasteiger charge is -2.29. The van der Waals surface area contributed by atoms with Crippen LogP contribution in [0, 0.1) is 0 Å². The van der Waals surface area contributed by atoms with Gasteiger partial charge in [0.05, 0.1) is 32.6 Å². The average Bonchev–Trinajstić information content (AvgIpc) is 2.81. The van der Waals surface area contributed by atoms with Crippen LogP contribution in [0.15, 0.2) is 47.6 Å². The molecule has 3 heterocycles. The van der Waals surface area contributed by atoms with Crippen LogP contribution in [0.25, 0.3) is 0 Å². The van der Waals surface area contributed by atoms with Gasteiger partial charge >= 0.3 is 0 Å².